The van der Waals surface area contributed by atoms with Crippen molar-refractivity contribution in [2.75, 3.05) is 5.75 Å². The molecule has 0 saturated heterocycles. The van der Waals surface area contributed by atoms with Crippen LogP contribution in [0.3, 0.4) is 0 Å². The van der Waals surface area contributed by atoms with E-state index in [0.717, 1.165) is 46.8 Å². The minimum absolute atomic E-state index is 0.201. The van der Waals surface area contributed by atoms with E-state index in [0.29, 0.717) is 18.6 Å². The Hall–Kier alpha value is -0.850. The second-order valence-corrected chi connectivity index (χ2v) is 10.3. The molecule has 1 aliphatic carbocycles. The summed E-state index contributed by atoms with van der Waals surface area (Å²) < 4.78 is 8.11. The summed E-state index contributed by atoms with van der Waals surface area (Å²) in [4.78, 5) is 20.8. The lowest BCUT2D eigenvalue weighted by atomic mass is 9.94. The highest BCUT2D eigenvalue weighted by atomic mass is 32.2. The molecule has 0 aromatic carbocycles. The van der Waals surface area contributed by atoms with Crippen molar-refractivity contribution in [1.82, 2.24) is 9.55 Å². The molecular formula is C21H30N2O2S2. The molecule has 4 nitrogen and oxygen atoms in total. The third kappa shape index (κ3) is 3.73. The highest BCUT2D eigenvalue weighted by Gasteiger charge is 2.30. The van der Waals surface area contributed by atoms with Gasteiger partial charge in [0.25, 0.3) is 5.56 Å². The molecule has 148 valence electrons. The molecule has 0 unspecified atom stereocenters. The van der Waals surface area contributed by atoms with Crippen LogP contribution in [0.5, 0.6) is 0 Å². The van der Waals surface area contributed by atoms with Gasteiger partial charge in [0, 0.05) is 23.1 Å². The number of fused-ring (bicyclic) bond motifs is 3. The van der Waals surface area contributed by atoms with Crippen LogP contribution in [-0.2, 0) is 17.8 Å². The van der Waals surface area contributed by atoms with Crippen molar-refractivity contribution in [2.45, 2.75) is 89.6 Å². The smallest absolute Gasteiger partial charge is 0.263 e. The molecule has 0 amide bonds. The molecule has 27 heavy (non-hydrogen) atoms. The lowest BCUT2D eigenvalue weighted by molar-refractivity contribution is 0.00200. The summed E-state index contributed by atoms with van der Waals surface area (Å²) in [5.74, 6) is 1.47. The normalized spacial score (nSPS) is 21.1. The molecule has 0 radical (unpaired) electrons. The fourth-order valence-corrected chi connectivity index (χ4v) is 6.39. The SMILES string of the molecule is CCCSc1nc2sc3c(c2c(=O)n1C1CCCCC1)C[C@H](C(C)C)OC3. The van der Waals surface area contributed by atoms with Crippen LogP contribution in [0.4, 0.5) is 0 Å². The average Bonchev–Trinajstić information content (AvgIpc) is 3.04. The maximum absolute atomic E-state index is 13.7. The van der Waals surface area contributed by atoms with Gasteiger partial charge in [0.05, 0.1) is 18.1 Å². The van der Waals surface area contributed by atoms with Gasteiger partial charge in [-0.15, -0.1) is 11.3 Å². The summed E-state index contributed by atoms with van der Waals surface area (Å²) in [6, 6.07) is 0.318. The fraction of sp³-hybridized carbons (Fsp3) is 0.714. The Morgan fingerprint density at radius 2 is 2.07 bits per heavy atom. The van der Waals surface area contributed by atoms with Crippen molar-refractivity contribution in [3.63, 3.8) is 0 Å². The predicted molar refractivity (Wildman–Crippen MR) is 114 cm³/mol. The predicted octanol–water partition coefficient (Wildman–Crippen LogP) is 5.56. The maximum Gasteiger partial charge on any atom is 0.263 e. The molecule has 4 rings (SSSR count). The Labute approximate surface area is 169 Å². The van der Waals surface area contributed by atoms with Crippen LogP contribution in [0.1, 0.15) is 75.8 Å². The van der Waals surface area contributed by atoms with Crippen molar-refractivity contribution < 1.29 is 4.74 Å². The van der Waals surface area contributed by atoms with E-state index in [9.17, 15) is 4.79 Å². The molecule has 0 spiro atoms. The van der Waals surface area contributed by atoms with Crippen molar-refractivity contribution in [1.29, 1.82) is 0 Å². The van der Waals surface area contributed by atoms with Gasteiger partial charge in [0.2, 0.25) is 0 Å². The van der Waals surface area contributed by atoms with Crippen LogP contribution < -0.4 is 5.56 Å². The monoisotopic (exact) mass is 406 g/mol. The number of thiophene rings is 1. The zero-order valence-corrected chi connectivity index (χ0v) is 18.3. The molecule has 1 fully saturated rings. The van der Waals surface area contributed by atoms with E-state index in [2.05, 4.69) is 25.3 Å². The number of rotatable bonds is 5. The van der Waals surface area contributed by atoms with Crippen LogP contribution in [0, 0.1) is 5.92 Å². The summed E-state index contributed by atoms with van der Waals surface area (Å²) in [5.41, 5.74) is 1.42. The fourth-order valence-electron chi connectivity index (χ4n) is 4.31. The first-order valence-electron chi connectivity index (χ1n) is 10.4. The van der Waals surface area contributed by atoms with Gasteiger partial charge in [0.15, 0.2) is 5.16 Å². The van der Waals surface area contributed by atoms with E-state index in [-0.39, 0.29) is 11.7 Å². The van der Waals surface area contributed by atoms with Crippen molar-refractivity contribution >= 4 is 33.3 Å². The van der Waals surface area contributed by atoms with Crippen LogP contribution >= 0.6 is 23.1 Å². The van der Waals surface area contributed by atoms with Gasteiger partial charge in [-0.05, 0) is 30.7 Å². The highest BCUT2D eigenvalue weighted by molar-refractivity contribution is 7.99. The molecule has 0 N–H and O–H groups in total. The average molecular weight is 407 g/mol. The minimum Gasteiger partial charge on any atom is -0.372 e. The molecule has 3 heterocycles. The van der Waals surface area contributed by atoms with Crippen molar-refractivity contribution in [2.24, 2.45) is 5.92 Å². The molecule has 0 bridgehead atoms. The van der Waals surface area contributed by atoms with Gasteiger partial charge < -0.3 is 4.74 Å². The van der Waals surface area contributed by atoms with Gasteiger partial charge in [-0.1, -0.05) is 51.8 Å². The number of ether oxygens (including phenoxy) is 1. The Morgan fingerprint density at radius 3 is 2.78 bits per heavy atom. The lowest BCUT2D eigenvalue weighted by Gasteiger charge is -2.27. The second-order valence-electron chi connectivity index (χ2n) is 8.19. The number of thioether (sulfide) groups is 1. The Balaban J connectivity index is 1.85. The maximum atomic E-state index is 13.7. The first kappa shape index (κ1) is 19.5. The zero-order valence-electron chi connectivity index (χ0n) is 16.6. The number of aromatic nitrogens is 2. The largest absolute Gasteiger partial charge is 0.372 e. The van der Waals surface area contributed by atoms with Gasteiger partial charge in [-0.3, -0.25) is 9.36 Å². The summed E-state index contributed by atoms with van der Waals surface area (Å²) in [7, 11) is 0. The van der Waals surface area contributed by atoms with E-state index in [1.54, 1.807) is 23.1 Å². The standard InChI is InChI=1S/C21H30N2O2S2/c1-4-10-26-21-22-19-18(20(24)23(21)14-8-6-5-7-9-14)15-11-16(13(2)3)25-12-17(15)27-19/h13-14,16H,4-12H2,1-3H3/t16-/m1/s1. The second kappa shape index (κ2) is 8.26. The lowest BCUT2D eigenvalue weighted by Crippen LogP contribution is -2.31. The first-order valence-corrected chi connectivity index (χ1v) is 12.2. The summed E-state index contributed by atoms with van der Waals surface area (Å²) in [5, 5.41) is 1.82. The first-order chi connectivity index (χ1) is 13.1. The Kier molecular flexibility index (Phi) is 5.95. The molecule has 1 atom stereocenters. The quantitative estimate of drug-likeness (QED) is 0.481. The van der Waals surface area contributed by atoms with Crippen LogP contribution in [0.25, 0.3) is 10.2 Å². The molecule has 1 aliphatic heterocycles. The van der Waals surface area contributed by atoms with E-state index in [1.165, 1.54) is 29.7 Å². The number of hydrogen-bond acceptors (Lipinski definition) is 5. The Bertz CT molecular complexity index is 865. The Morgan fingerprint density at radius 1 is 1.30 bits per heavy atom. The molecule has 2 aromatic rings. The minimum atomic E-state index is 0.201. The topological polar surface area (TPSA) is 44.1 Å². The molecule has 2 aliphatic rings. The van der Waals surface area contributed by atoms with Crippen molar-refractivity contribution in [3.8, 4) is 0 Å². The number of nitrogens with zero attached hydrogens (tertiary/aromatic N) is 2. The van der Waals surface area contributed by atoms with E-state index in [1.807, 2.05) is 0 Å². The molecule has 2 aromatic heterocycles. The van der Waals surface area contributed by atoms with E-state index in [4.69, 9.17) is 9.72 Å². The van der Waals surface area contributed by atoms with Gasteiger partial charge in [-0.2, -0.15) is 0 Å². The van der Waals surface area contributed by atoms with Crippen LogP contribution in [0.15, 0.2) is 9.95 Å². The highest BCUT2D eigenvalue weighted by Crippen LogP contribution is 2.37. The van der Waals surface area contributed by atoms with Gasteiger partial charge in [0.1, 0.15) is 4.83 Å². The zero-order chi connectivity index (χ0) is 19.0. The van der Waals surface area contributed by atoms with Gasteiger partial charge in [-0.25, -0.2) is 4.98 Å². The van der Waals surface area contributed by atoms with E-state index < -0.39 is 0 Å². The van der Waals surface area contributed by atoms with Crippen LogP contribution in [-0.4, -0.2) is 21.4 Å². The summed E-state index contributed by atoms with van der Waals surface area (Å²) in [6.07, 6.45) is 8.08. The molecule has 1 saturated carbocycles. The third-order valence-corrected chi connectivity index (χ3v) is 8.12. The van der Waals surface area contributed by atoms with Crippen molar-refractivity contribution in [3.05, 3.63) is 20.8 Å². The number of hydrogen-bond donors (Lipinski definition) is 0. The third-order valence-electron chi connectivity index (χ3n) is 5.86. The molecular weight excluding hydrogens is 376 g/mol. The van der Waals surface area contributed by atoms with Crippen LogP contribution in [0.2, 0.25) is 0 Å². The summed E-state index contributed by atoms with van der Waals surface area (Å²) >= 11 is 3.42. The van der Waals surface area contributed by atoms with E-state index >= 15 is 0 Å². The molecule has 6 heteroatoms. The van der Waals surface area contributed by atoms with Gasteiger partial charge >= 0.3 is 0 Å². The summed E-state index contributed by atoms with van der Waals surface area (Å²) in [6.45, 7) is 7.20.